The Morgan fingerprint density at radius 3 is 2.50 bits per heavy atom. The fourth-order valence-electron chi connectivity index (χ4n) is 2.22. The molecule has 0 unspecified atom stereocenters. The van der Waals surface area contributed by atoms with E-state index >= 15 is 0 Å². The highest BCUT2D eigenvalue weighted by molar-refractivity contribution is 5.52. The van der Waals surface area contributed by atoms with E-state index in [1.54, 1.807) is 0 Å². The molecule has 0 saturated carbocycles. The van der Waals surface area contributed by atoms with Gasteiger partial charge in [-0.1, -0.05) is 25.1 Å². The Labute approximate surface area is 112 Å². The van der Waals surface area contributed by atoms with Gasteiger partial charge in [-0.15, -0.1) is 0 Å². The van der Waals surface area contributed by atoms with E-state index in [9.17, 15) is 0 Å². The van der Waals surface area contributed by atoms with Crippen molar-refractivity contribution in [1.29, 1.82) is 0 Å². The Morgan fingerprint density at radius 1 is 1.06 bits per heavy atom. The summed E-state index contributed by atoms with van der Waals surface area (Å²) < 4.78 is 0. The molecule has 0 spiro atoms. The molecule has 2 heteroatoms. The molecule has 2 nitrogen and oxygen atoms in total. The Balaban J connectivity index is 2.32. The lowest BCUT2D eigenvalue weighted by atomic mass is 10.1. The SMILES string of the molecule is CCCNCCCCN(CC)c1ccccc1C. The van der Waals surface area contributed by atoms with Gasteiger partial charge in [0.05, 0.1) is 0 Å². The normalized spacial score (nSPS) is 10.6. The zero-order chi connectivity index (χ0) is 13.2. The van der Waals surface area contributed by atoms with E-state index in [0.717, 1.165) is 26.2 Å². The summed E-state index contributed by atoms with van der Waals surface area (Å²) in [6.45, 7) is 11.2. The standard InChI is InChI=1S/C16H28N2/c1-4-12-17-13-8-9-14-18(5-2)16-11-7-6-10-15(16)3/h6-7,10-11,17H,4-5,8-9,12-14H2,1-3H3. The van der Waals surface area contributed by atoms with E-state index in [0.29, 0.717) is 0 Å². The van der Waals surface area contributed by atoms with Crippen molar-refractivity contribution in [2.45, 2.75) is 40.0 Å². The van der Waals surface area contributed by atoms with Gasteiger partial charge < -0.3 is 10.2 Å². The number of unbranched alkanes of at least 4 members (excludes halogenated alkanes) is 1. The predicted molar refractivity (Wildman–Crippen MR) is 81.5 cm³/mol. The average Bonchev–Trinajstić information content (AvgIpc) is 2.39. The highest BCUT2D eigenvalue weighted by Gasteiger charge is 2.05. The zero-order valence-corrected chi connectivity index (χ0v) is 12.2. The Morgan fingerprint density at radius 2 is 1.83 bits per heavy atom. The maximum absolute atomic E-state index is 3.46. The highest BCUT2D eigenvalue weighted by atomic mass is 15.1. The van der Waals surface area contributed by atoms with Crippen LogP contribution >= 0.6 is 0 Å². The van der Waals surface area contributed by atoms with Crippen molar-refractivity contribution in [2.75, 3.05) is 31.1 Å². The van der Waals surface area contributed by atoms with Gasteiger partial charge >= 0.3 is 0 Å². The van der Waals surface area contributed by atoms with Gasteiger partial charge in [0, 0.05) is 18.8 Å². The fourth-order valence-corrected chi connectivity index (χ4v) is 2.22. The molecular formula is C16H28N2. The van der Waals surface area contributed by atoms with Crippen LogP contribution in [0.3, 0.4) is 0 Å². The number of nitrogens with zero attached hydrogens (tertiary/aromatic N) is 1. The van der Waals surface area contributed by atoms with Gasteiger partial charge in [-0.25, -0.2) is 0 Å². The van der Waals surface area contributed by atoms with Gasteiger partial charge in [-0.2, -0.15) is 0 Å². The minimum atomic E-state index is 1.09. The summed E-state index contributed by atoms with van der Waals surface area (Å²) in [4.78, 5) is 2.48. The summed E-state index contributed by atoms with van der Waals surface area (Å²) in [7, 11) is 0. The molecule has 18 heavy (non-hydrogen) atoms. The molecule has 1 rings (SSSR count). The van der Waals surface area contributed by atoms with Crippen molar-refractivity contribution in [3.63, 3.8) is 0 Å². The van der Waals surface area contributed by atoms with Crippen LogP contribution in [0.1, 0.15) is 38.7 Å². The summed E-state index contributed by atoms with van der Waals surface area (Å²) in [5.74, 6) is 0. The van der Waals surface area contributed by atoms with E-state index in [1.807, 2.05) is 0 Å². The first-order chi connectivity index (χ1) is 8.79. The van der Waals surface area contributed by atoms with Crippen molar-refractivity contribution in [3.8, 4) is 0 Å². The first-order valence-corrected chi connectivity index (χ1v) is 7.30. The molecule has 0 fully saturated rings. The molecule has 0 aromatic heterocycles. The van der Waals surface area contributed by atoms with Crippen LogP contribution in [0.4, 0.5) is 5.69 Å². The molecule has 0 aliphatic rings. The largest absolute Gasteiger partial charge is 0.372 e. The lowest BCUT2D eigenvalue weighted by molar-refractivity contribution is 0.609. The van der Waals surface area contributed by atoms with Crippen LogP contribution in [0.2, 0.25) is 0 Å². The molecule has 0 radical (unpaired) electrons. The Hall–Kier alpha value is -1.02. The fraction of sp³-hybridized carbons (Fsp3) is 0.625. The summed E-state index contributed by atoms with van der Waals surface area (Å²) in [5, 5.41) is 3.46. The molecule has 0 saturated heterocycles. The summed E-state index contributed by atoms with van der Waals surface area (Å²) in [6, 6.07) is 8.67. The van der Waals surface area contributed by atoms with Gasteiger partial charge in [-0.05, 0) is 57.8 Å². The molecule has 0 heterocycles. The summed E-state index contributed by atoms with van der Waals surface area (Å²) in [6.07, 6.45) is 3.76. The maximum Gasteiger partial charge on any atom is 0.0395 e. The lowest BCUT2D eigenvalue weighted by Gasteiger charge is -2.25. The van der Waals surface area contributed by atoms with Crippen molar-refractivity contribution in [2.24, 2.45) is 0 Å². The maximum atomic E-state index is 3.46. The van der Waals surface area contributed by atoms with Gasteiger partial charge in [-0.3, -0.25) is 0 Å². The second-order valence-electron chi connectivity index (χ2n) is 4.82. The molecule has 0 amide bonds. The summed E-state index contributed by atoms with van der Waals surface area (Å²) in [5.41, 5.74) is 2.77. The van der Waals surface area contributed by atoms with Crippen LogP contribution < -0.4 is 10.2 Å². The molecule has 0 bridgehead atoms. The average molecular weight is 248 g/mol. The van der Waals surface area contributed by atoms with Crippen LogP contribution in [-0.4, -0.2) is 26.2 Å². The van der Waals surface area contributed by atoms with Crippen LogP contribution in [0.5, 0.6) is 0 Å². The van der Waals surface area contributed by atoms with Gasteiger partial charge in [0.1, 0.15) is 0 Å². The number of nitrogens with one attached hydrogen (secondary N) is 1. The van der Waals surface area contributed by atoms with E-state index < -0.39 is 0 Å². The molecule has 1 aromatic carbocycles. The number of hydrogen-bond donors (Lipinski definition) is 1. The molecule has 1 N–H and O–H groups in total. The molecule has 1 aromatic rings. The Bertz CT molecular complexity index is 323. The lowest BCUT2D eigenvalue weighted by Crippen LogP contribution is -2.25. The van der Waals surface area contributed by atoms with Crippen LogP contribution in [0.25, 0.3) is 0 Å². The minimum Gasteiger partial charge on any atom is -0.372 e. The Kier molecular flexibility index (Phi) is 7.51. The van der Waals surface area contributed by atoms with Crippen molar-refractivity contribution < 1.29 is 0 Å². The van der Waals surface area contributed by atoms with E-state index in [-0.39, 0.29) is 0 Å². The number of para-hydroxylation sites is 1. The van der Waals surface area contributed by atoms with E-state index in [4.69, 9.17) is 0 Å². The molecule has 102 valence electrons. The van der Waals surface area contributed by atoms with Crippen molar-refractivity contribution in [1.82, 2.24) is 5.32 Å². The number of benzene rings is 1. The third-order valence-corrected chi connectivity index (χ3v) is 3.30. The number of anilines is 1. The number of hydrogen-bond acceptors (Lipinski definition) is 2. The predicted octanol–water partition coefficient (Wildman–Crippen LogP) is 3.60. The quantitative estimate of drug-likeness (QED) is 0.672. The molecule has 0 atom stereocenters. The number of aryl methyl sites for hydroxylation is 1. The molecular weight excluding hydrogens is 220 g/mol. The topological polar surface area (TPSA) is 15.3 Å². The van der Waals surface area contributed by atoms with E-state index in [2.05, 4.69) is 55.3 Å². The first-order valence-electron chi connectivity index (χ1n) is 7.30. The molecule has 0 aliphatic heterocycles. The third kappa shape index (κ3) is 5.09. The zero-order valence-electron chi connectivity index (χ0n) is 12.2. The second-order valence-corrected chi connectivity index (χ2v) is 4.82. The highest BCUT2D eigenvalue weighted by Crippen LogP contribution is 2.19. The van der Waals surface area contributed by atoms with Crippen LogP contribution in [0, 0.1) is 6.92 Å². The molecule has 0 aliphatic carbocycles. The summed E-state index contributed by atoms with van der Waals surface area (Å²) >= 11 is 0. The van der Waals surface area contributed by atoms with Crippen LogP contribution in [-0.2, 0) is 0 Å². The van der Waals surface area contributed by atoms with Gasteiger partial charge in [0.25, 0.3) is 0 Å². The van der Waals surface area contributed by atoms with Crippen molar-refractivity contribution >= 4 is 5.69 Å². The first kappa shape index (κ1) is 15.0. The van der Waals surface area contributed by atoms with Crippen molar-refractivity contribution in [3.05, 3.63) is 29.8 Å². The third-order valence-electron chi connectivity index (χ3n) is 3.30. The van der Waals surface area contributed by atoms with E-state index in [1.165, 1.54) is 30.5 Å². The number of rotatable bonds is 9. The minimum absolute atomic E-state index is 1.09. The monoisotopic (exact) mass is 248 g/mol. The van der Waals surface area contributed by atoms with Gasteiger partial charge in [0.15, 0.2) is 0 Å². The second kappa shape index (κ2) is 8.98. The van der Waals surface area contributed by atoms with Crippen LogP contribution in [0.15, 0.2) is 24.3 Å². The smallest absolute Gasteiger partial charge is 0.0395 e. The van der Waals surface area contributed by atoms with Gasteiger partial charge in [0.2, 0.25) is 0 Å².